The minimum absolute atomic E-state index is 0.151. The van der Waals surface area contributed by atoms with Gasteiger partial charge in [0.05, 0.1) is 6.54 Å². The maximum Gasteiger partial charge on any atom is 0.411 e. The number of amides is 1. The Labute approximate surface area is 165 Å². The van der Waals surface area contributed by atoms with Gasteiger partial charge in [0.25, 0.3) is 0 Å². The number of carboxylic acids is 1. The topological polar surface area (TPSA) is 76.1 Å². The highest BCUT2D eigenvalue weighted by Crippen LogP contribution is 2.35. The average molecular weight is 398 g/mol. The highest BCUT2D eigenvalue weighted by atomic mass is 35.5. The summed E-state index contributed by atoms with van der Waals surface area (Å²) >= 11 is 6.13. The number of nitrogens with zero attached hydrogens (tertiary/aromatic N) is 1. The third-order valence-corrected chi connectivity index (χ3v) is 4.45. The number of hydrogen-bond donors (Lipinski definition) is 1. The number of ether oxygens (including phenoxy) is 2. The van der Waals surface area contributed by atoms with E-state index < -0.39 is 29.8 Å². The lowest BCUT2D eigenvalue weighted by Gasteiger charge is -2.27. The summed E-state index contributed by atoms with van der Waals surface area (Å²) in [6, 6.07) is 4.40. The zero-order valence-corrected chi connectivity index (χ0v) is 17.5. The Morgan fingerprint density at radius 3 is 2.33 bits per heavy atom. The molecule has 1 heterocycles. The van der Waals surface area contributed by atoms with Crippen molar-refractivity contribution in [1.29, 1.82) is 0 Å². The Morgan fingerprint density at radius 1 is 1.19 bits per heavy atom. The molecule has 1 aliphatic heterocycles. The number of likely N-dealkylation sites (tertiary alicyclic amines) is 1. The van der Waals surface area contributed by atoms with Crippen LogP contribution in [0.5, 0.6) is 5.75 Å². The lowest BCUT2D eigenvalue weighted by Crippen LogP contribution is -2.43. The van der Waals surface area contributed by atoms with Gasteiger partial charge < -0.3 is 14.6 Å². The summed E-state index contributed by atoms with van der Waals surface area (Å²) in [5.41, 5.74) is 0.0301. The summed E-state index contributed by atoms with van der Waals surface area (Å²) < 4.78 is 11.5. The Balaban J connectivity index is 2.22. The molecule has 2 atom stereocenters. The molecule has 27 heavy (non-hydrogen) atoms. The molecule has 7 heteroatoms. The monoisotopic (exact) mass is 397 g/mol. The highest BCUT2D eigenvalue weighted by Gasteiger charge is 2.43. The molecule has 0 bridgehead atoms. The van der Waals surface area contributed by atoms with E-state index in [-0.39, 0.29) is 18.4 Å². The van der Waals surface area contributed by atoms with Crippen molar-refractivity contribution in [3.63, 3.8) is 0 Å². The molecular formula is C20H28ClNO5. The van der Waals surface area contributed by atoms with Crippen molar-refractivity contribution in [2.24, 2.45) is 0 Å². The predicted molar refractivity (Wildman–Crippen MR) is 104 cm³/mol. The first-order valence-corrected chi connectivity index (χ1v) is 9.35. The molecule has 1 N–H and O–H groups in total. The Morgan fingerprint density at radius 2 is 1.81 bits per heavy atom. The summed E-state index contributed by atoms with van der Waals surface area (Å²) in [7, 11) is 0. The van der Waals surface area contributed by atoms with Crippen LogP contribution >= 0.6 is 11.6 Å². The van der Waals surface area contributed by atoms with Crippen LogP contribution in [0.15, 0.2) is 18.2 Å². The number of halogens is 1. The zero-order valence-electron chi connectivity index (χ0n) is 16.7. The Kier molecular flexibility index (Phi) is 6.00. The van der Waals surface area contributed by atoms with Crippen molar-refractivity contribution in [1.82, 2.24) is 4.90 Å². The van der Waals surface area contributed by atoms with Crippen molar-refractivity contribution < 1.29 is 24.2 Å². The van der Waals surface area contributed by atoms with E-state index in [0.29, 0.717) is 10.8 Å². The van der Waals surface area contributed by atoms with Gasteiger partial charge in [0.15, 0.2) is 0 Å². The maximum absolute atomic E-state index is 12.4. The molecule has 0 radical (unpaired) electrons. The number of rotatable bonds is 3. The van der Waals surface area contributed by atoms with Gasteiger partial charge in [0.2, 0.25) is 0 Å². The van der Waals surface area contributed by atoms with Gasteiger partial charge in [0, 0.05) is 17.0 Å². The number of carboxylic acid groups (broad SMARTS) is 1. The fraction of sp³-hybridized carbons (Fsp3) is 0.600. The standard InChI is InChI=1S/C20H28ClNO5/c1-19(2,3)14-9-12(21)7-8-16(14)26-13-10-15(17(23)24)22(11-13)18(25)27-20(4,5)6/h7-9,13,15H,10-11H2,1-6H3,(H,23,24)/t13-,15-/m0/s1. The van der Waals surface area contributed by atoms with Crippen LogP contribution in [-0.2, 0) is 14.9 Å². The quantitative estimate of drug-likeness (QED) is 0.813. The van der Waals surface area contributed by atoms with Crippen LogP contribution in [0.3, 0.4) is 0 Å². The van der Waals surface area contributed by atoms with Gasteiger partial charge in [-0.15, -0.1) is 0 Å². The van der Waals surface area contributed by atoms with Gasteiger partial charge in [0.1, 0.15) is 23.5 Å². The zero-order chi connectivity index (χ0) is 20.6. The van der Waals surface area contributed by atoms with E-state index in [1.54, 1.807) is 32.9 Å². The van der Waals surface area contributed by atoms with Crippen LogP contribution in [0.1, 0.15) is 53.5 Å². The van der Waals surface area contributed by atoms with E-state index in [2.05, 4.69) is 0 Å². The van der Waals surface area contributed by atoms with Crippen LogP contribution in [0, 0.1) is 0 Å². The van der Waals surface area contributed by atoms with E-state index in [4.69, 9.17) is 21.1 Å². The summed E-state index contributed by atoms with van der Waals surface area (Å²) in [6.07, 6.45) is -0.894. The molecule has 1 aliphatic rings. The van der Waals surface area contributed by atoms with Crippen molar-refractivity contribution in [3.8, 4) is 5.75 Å². The normalized spacial score (nSPS) is 20.5. The first-order chi connectivity index (χ1) is 12.3. The number of benzene rings is 1. The van der Waals surface area contributed by atoms with Gasteiger partial charge in [-0.2, -0.15) is 0 Å². The van der Waals surface area contributed by atoms with E-state index in [1.165, 1.54) is 4.90 Å². The summed E-state index contributed by atoms with van der Waals surface area (Å²) in [5.74, 6) is -0.425. The first kappa shape index (κ1) is 21.4. The maximum atomic E-state index is 12.4. The van der Waals surface area contributed by atoms with Gasteiger partial charge in [-0.1, -0.05) is 32.4 Å². The molecule has 1 amide bonds. The van der Waals surface area contributed by atoms with Crippen molar-refractivity contribution in [2.45, 2.75) is 71.1 Å². The van der Waals surface area contributed by atoms with Crippen LogP contribution in [0.25, 0.3) is 0 Å². The van der Waals surface area contributed by atoms with Gasteiger partial charge in [-0.3, -0.25) is 4.90 Å². The number of hydrogen-bond acceptors (Lipinski definition) is 4. The van der Waals surface area contributed by atoms with Crippen molar-refractivity contribution >= 4 is 23.7 Å². The molecule has 150 valence electrons. The molecule has 2 rings (SSSR count). The van der Waals surface area contributed by atoms with E-state index in [1.807, 2.05) is 26.8 Å². The second-order valence-electron chi connectivity index (χ2n) is 8.85. The third-order valence-electron chi connectivity index (χ3n) is 4.22. The summed E-state index contributed by atoms with van der Waals surface area (Å²) in [5, 5.41) is 10.1. The number of carbonyl (C=O) groups excluding carboxylic acids is 1. The van der Waals surface area contributed by atoms with E-state index in [9.17, 15) is 14.7 Å². The molecule has 0 aliphatic carbocycles. The summed E-state index contributed by atoms with van der Waals surface area (Å²) in [6.45, 7) is 11.5. The van der Waals surface area contributed by atoms with Crippen LogP contribution < -0.4 is 4.74 Å². The molecule has 1 aromatic carbocycles. The first-order valence-electron chi connectivity index (χ1n) is 8.97. The molecule has 0 saturated carbocycles. The van der Waals surface area contributed by atoms with Crippen LogP contribution in [-0.4, -0.2) is 46.4 Å². The SMILES string of the molecule is CC(C)(C)OC(=O)N1C[C@@H](Oc2ccc(Cl)cc2C(C)(C)C)C[C@H]1C(=O)O. The lowest BCUT2D eigenvalue weighted by molar-refractivity contribution is -0.142. The third kappa shape index (κ3) is 5.51. The molecular weight excluding hydrogens is 370 g/mol. The molecule has 1 aromatic rings. The van der Waals surface area contributed by atoms with E-state index >= 15 is 0 Å². The molecule has 0 unspecified atom stereocenters. The number of carbonyl (C=O) groups is 2. The smallest absolute Gasteiger partial charge is 0.411 e. The predicted octanol–water partition coefficient (Wildman–Crippen LogP) is 4.48. The second kappa shape index (κ2) is 7.58. The molecule has 6 nitrogen and oxygen atoms in total. The van der Waals surface area contributed by atoms with Crippen molar-refractivity contribution in [2.75, 3.05) is 6.54 Å². The largest absolute Gasteiger partial charge is 0.488 e. The summed E-state index contributed by atoms with van der Waals surface area (Å²) in [4.78, 5) is 25.3. The molecule has 0 aromatic heterocycles. The lowest BCUT2D eigenvalue weighted by atomic mass is 9.86. The van der Waals surface area contributed by atoms with Gasteiger partial charge >= 0.3 is 12.1 Å². The van der Waals surface area contributed by atoms with Crippen LogP contribution in [0.2, 0.25) is 5.02 Å². The molecule has 1 saturated heterocycles. The highest BCUT2D eigenvalue weighted by molar-refractivity contribution is 6.30. The fourth-order valence-electron chi connectivity index (χ4n) is 3.01. The van der Waals surface area contributed by atoms with Crippen LogP contribution in [0.4, 0.5) is 4.79 Å². The number of aliphatic carboxylic acids is 1. The van der Waals surface area contributed by atoms with Gasteiger partial charge in [-0.25, -0.2) is 9.59 Å². The average Bonchev–Trinajstić information content (AvgIpc) is 2.90. The fourth-order valence-corrected chi connectivity index (χ4v) is 3.18. The minimum Gasteiger partial charge on any atom is -0.488 e. The molecule has 1 fully saturated rings. The van der Waals surface area contributed by atoms with E-state index in [0.717, 1.165) is 5.56 Å². The minimum atomic E-state index is -1.07. The molecule has 0 spiro atoms. The Bertz CT molecular complexity index is 720. The van der Waals surface area contributed by atoms with Crippen molar-refractivity contribution in [3.05, 3.63) is 28.8 Å². The second-order valence-corrected chi connectivity index (χ2v) is 9.29. The van der Waals surface area contributed by atoms with Gasteiger partial charge in [-0.05, 0) is 44.4 Å². The Hall–Kier alpha value is -1.95.